The van der Waals surface area contributed by atoms with Crippen LogP contribution >= 0.6 is 11.3 Å². The van der Waals surface area contributed by atoms with E-state index in [0.717, 1.165) is 21.6 Å². The van der Waals surface area contributed by atoms with Crippen molar-refractivity contribution in [1.29, 1.82) is 0 Å². The molecule has 34 heavy (non-hydrogen) atoms. The number of aryl methyl sites for hydroxylation is 2. The van der Waals surface area contributed by atoms with Crippen molar-refractivity contribution in [3.05, 3.63) is 65.0 Å². The summed E-state index contributed by atoms with van der Waals surface area (Å²) in [7, 11) is 3.14. The van der Waals surface area contributed by atoms with Crippen molar-refractivity contribution in [3.63, 3.8) is 0 Å². The van der Waals surface area contributed by atoms with Gasteiger partial charge in [-0.25, -0.2) is 4.98 Å². The van der Waals surface area contributed by atoms with E-state index in [1.54, 1.807) is 37.3 Å². The van der Waals surface area contributed by atoms with E-state index in [1.165, 1.54) is 16.9 Å². The van der Waals surface area contributed by atoms with Gasteiger partial charge in [0.2, 0.25) is 0 Å². The van der Waals surface area contributed by atoms with Gasteiger partial charge in [0.15, 0.2) is 16.6 Å². The lowest BCUT2D eigenvalue weighted by Gasteiger charge is -2.21. The van der Waals surface area contributed by atoms with E-state index in [0.29, 0.717) is 41.2 Å². The molecule has 8 heteroatoms. The van der Waals surface area contributed by atoms with Crippen LogP contribution in [0.15, 0.2) is 42.5 Å². The second-order valence-corrected chi connectivity index (χ2v) is 9.53. The molecule has 4 aromatic rings. The molecule has 178 valence electrons. The van der Waals surface area contributed by atoms with Crippen LogP contribution in [0.5, 0.6) is 11.5 Å². The molecule has 0 aliphatic carbocycles. The number of hydrogen-bond acceptors (Lipinski definition) is 6. The predicted octanol–water partition coefficient (Wildman–Crippen LogP) is 5.60. The normalized spacial score (nSPS) is 11.3. The summed E-state index contributed by atoms with van der Waals surface area (Å²) in [5, 5.41) is 5.23. The Balaban J connectivity index is 1.75. The Labute approximate surface area is 203 Å². The largest absolute Gasteiger partial charge is 0.493 e. The number of aromatic nitrogens is 3. The number of anilines is 1. The highest BCUT2D eigenvalue weighted by Crippen LogP contribution is 2.35. The monoisotopic (exact) mass is 478 g/mol. The molecule has 0 atom stereocenters. The highest BCUT2D eigenvalue weighted by molar-refractivity contribution is 7.22. The molecule has 0 unspecified atom stereocenters. The van der Waals surface area contributed by atoms with Crippen molar-refractivity contribution < 1.29 is 14.3 Å². The molecule has 0 fully saturated rings. The number of hydrogen-bond donors (Lipinski definition) is 0. The number of methoxy groups -OCH3 is 2. The standard InChI is InChI=1S/C26H30N4O3S/c1-16(2)20-8-7-9-23-24(20)27-26(34-23)29(12-13-30-18(4)14-17(3)28-30)25(31)19-10-11-21(32-5)22(15-19)33-6/h7-11,14-16H,12-13H2,1-6H3. The van der Waals surface area contributed by atoms with Crippen molar-refractivity contribution in [3.8, 4) is 11.5 Å². The summed E-state index contributed by atoms with van der Waals surface area (Å²) in [6.07, 6.45) is 0. The molecule has 2 aromatic carbocycles. The zero-order valence-electron chi connectivity index (χ0n) is 20.5. The molecule has 0 aliphatic heterocycles. The lowest BCUT2D eigenvalue weighted by atomic mass is 10.0. The summed E-state index contributed by atoms with van der Waals surface area (Å²) in [5.74, 6) is 1.28. The lowest BCUT2D eigenvalue weighted by Crippen LogP contribution is -2.34. The smallest absolute Gasteiger partial charge is 0.260 e. The first-order chi connectivity index (χ1) is 16.3. The second kappa shape index (κ2) is 9.85. The molecule has 2 heterocycles. The first kappa shape index (κ1) is 23.8. The van der Waals surface area contributed by atoms with Gasteiger partial charge in [-0.2, -0.15) is 5.10 Å². The minimum absolute atomic E-state index is 0.146. The summed E-state index contributed by atoms with van der Waals surface area (Å²) in [6, 6.07) is 13.5. The van der Waals surface area contributed by atoms with E-state index < -0.39 is 0 Å². The van der Waals surface area contributed by atoms with Crippen LogP contribution in [0.4, 0.5) is 5.13 Å². The average Bonchev–Trinajstić information content (AvgIpc) is 3.40. The maximum atomic E-state index is 13.8. The van der Waals surface area contributed by atoms with Crippen LogP contribution in [-0.2, 0) is 6.54 Å². The van der Waals surface area contributed by atoms with Crippen molar-refractivity contribution in [2.24, 2.45) is 0 Å². The van der Waals surface area contributed by atoms with Crippen molar-refractivity contribution in [2.75, 3.05) is 25.7 Å². The molecule has 7 nitrogen and oxygen atoms in total. The Bertz CT molecular complexity index is 1330. The number of thiazole rings is 1. The average molecular weight is 479 g/mol. The van der Waals surface area contributed by atoms with Gasteiger partial charge >= 0.3 is 0 Å². The molecule has 0 bridgehead atoms. The Morgan fingerprint density at radius 3 is 2.50 bits per heavy atom. The summed E-state index contributed by atoms with van der Waals surface area (Å²) < 4.78 is 13.8. The van der Waals surface area contributed by atoms with Gasteiger partial charge in [0.1, 0.15) is 0 Å². The minimum atomic E-state index is -0.146. The molecule has 1 amide bonds. The Morgan fingerprint density at radius 1 is 1.09 bits per heavy atom. The number of carbonyl (C=O) groups is 1. The minimum Gasteiger partial charge on any atom is -0.493 e. The fourth-order valence-corrected chi connectivity index (χ4v) is 5.07. The van der Waals surface area contributed by atoms with Crippen molar-refractivity contribution in [2.45, 2.75) is 40.2 Å². The van der Waals surface area contributed by atoms with Gasteiger partial charge in [-0.15, -0.1) is 0 Å². The number of fused-ring (bicyclic) bond motifs is 1. The first-order valence-electron chi connectivity index (χ1n) is 11.3. The summed E-state index contributed by atoms with van der Waals surface area (Å²) in [6.45, 7) is 9.30. The molecule has 0 saturated heterocycles. The SMILES string of the molecule is COc1ccc(C(=O)N(CCn2nc(C)cc2C)c2nc3c(C(C)C)cccc3s2)cc1OC. The van der Waals surface area contributed by atoms with Gasteiger partial charge in [-0.1, -0.05) is 37.3 Å². The maximum Gasteiger partial charge on any atom is 0.260 e. The topological polar surface area (TPSA) is 69.5 Å². The molecule has 0 N–H and O–H groups in total. The van der Waals surface area contributed by atoms with Gasteiger partial charge in [0, 0.05) is 17.8 Å². The molecule has 0 aliphatic rings. The lowest BCUT2D eigenvalue weighted by molar-refractivity contribution is 0.0985. The molecule has 0 saturated carbocycles. The van der Waals surface area contributed by atoms with E-state index in [2.05, 4.69) is 37.1 Å². The quantitative estimate of drug-likeness (QED) is 0.330. The molecule has 4 rings (SSSR count). The highest BCUT2D eigenvalue weighted by atomic mass is 32.1. The van der Waals surface area contributed by atoms with Gasteiger partial charge in [0.05, 0.1) is 36.7 Å². The Morgan fingerprint density at radius 2 is 1.85 bits per heavy atom. The number of rotatable bonds is 8. The van der Waals surface area contributed by atoms with Crippen LogP contribution in [0.1, 0.15) is 47.1 Å². The number of benzene rings is 2. The molecule has 2 aromatic heterocycles. The fourth-order valence-electron chi connectivity index (χ4n) is 4.04. The second-order valence-electron chi connectivity index (χ2n) is 8.52. The van der Waals surface area contributed by atoms with E-state index in [4.69, 9.17) is 14.5 Å². The number of nitrogens with zero attached hydrogens (tertiary/aromatic N) is 4. The third kappa shape index (κ3) is 4.63. The van der Waals surface area contributed by atoms with Gasteiger partial charge in [-0.05, 0) is 55.7 Å². The van der Waals surface area contributed by atoms with Crippen LogP contribution in [-0.4, -0.2) is 41.4 Å². The predicted molar refractivity (Wildman–Crippen MR) is 137 cm³/mol. The van der Waals surface area contributed by atoms with E-state index >= 15 is 0 Å². The van der Waals surface area contributed by atoms with Crippen LogP contribution < -0.4 is 14.4 Å². The third-order valence-electron chi connectivity index (χ3n) is 5.81. The summed E-state index contributed by atoms with van der Waals surface area (Å²) in [5.41, 5.74) is 4.65. The zero-order valence-corrected chi connectivity index (χ0v) is 21.3. The molecule has 0 spiro atoms. The number of amides is 1. The first-order valence-corrected chi connectivity index (χ1v) is 12.1. The zero-order chi connectivity index (χ0) is 24.4. The van der Waals surface area contributed by atoms with Gasteiger partial charge in [-0.3, -0.25) is 14.4 Å². The van der Waals surface area contributed by atoms with Crippen molar-refractivity contribution in [1.82, 2.24) is 14.8 Å². The van der Waals surface area contributed by atoms with Crippen LogP contribution in [0.25, 0.3) is 10.2 Å². The number of carbonyl (C=O) groups excluding carboxylic acids is 1. The molecular formula is C26H30N4O3S. The Kier molecular flexibility index (Phi) is 6.88. The third-order valence-corrected chi connectivity index (χ3v) is 6.85. The van der Waals surface area contributed by atoms with E-state index in [-0.39, 0.29) is 5.91 Å². The maximum absolute atomic E-state index is 13.8. The fraction of sp³-hybridized carbons (Fsp3) is 0.346. The van der Waals surface area contributed by atoms with Crippen molar-refractivity contribution >= 4 is 32.6 Å². The highest BCUT2D eigenvalue weighted by Gasteiger charge is 2.24. The van der Waals surface area contributed by atoms with Crippen LogP contribution in [0, 0.1) is 13.8 Å². The van der Waals surface area contributed by atoms with Crippen LogP contribution in [0.3, 0.4) is 0 Å². The van der Waals surface area contributed by atoms with E-state index in [1.807, 2.05) is 24.6 Å². The molecular weight excluding hydrogens is 448 g/mol. The van der Waals surface area contributed by atoms with Crippen LogP contribution in [0.2, 0.25) is 0 Å². The number of para-hydroxylation sites is 1. The summed E-state index contributed by atoms with van der Waals surface area (Å²) in [4.78, 5) is 20.5. The molecule has 0 radical (unpaired) electrons. The van der Waals surface area contributed by atoms with Gasteiger partial charge < -0.3 is 9.47 Å². The summed E-state index contributed by atoms with van der Waals surface area (Å²) >= 11 is 1.53. The van der Waals surface area contributed by atoms with E-state index in [9.17, 15) is 4.79 Å². The number of ether oxygens (including phenoxy) is 2. The Hall–Kier alpha value is -3.39. The van der Waals surface area contributed by atoms with Gasteiger partial charge in [0.25, 0.3) is 5.91 Å².